The lowest BCUT2D eigenvalue weighted by Gasteiger charge is -2.36. The quantitative estimate of drug-likeness (QED) is 0.0332. The summed E-state index contributed by atoms with van der Waals surface area (Å²) < 4.78 is 13.1. The van der Waals surface area contributed by atoms with Crippen LogP contribution >= 0.6 is 11.8 Å². The Balaban J connectivity index is 1.03. The van der Waals surface area contributed by atoms with E-state index in [2.05, 4.69) is 10.6 Å². The van der Waals surface area contributed by atoms with E-state index in [-0.39, 0.29) is 36.2 Å². The van der Waals surface area contributed by atoms with Gasteiger partial charge in [-0.15, -0.1) is 11.8 Å². The number of hydrogen-bond acceptors (Lipinski definition) is 8. The fourth-order valence-corrected chi connectivity index (χ4v) is 7.85. The molecule has 5 aromatic carbocycles. The second-order valence-corrected chi connectivity index (χ2v) is 15.1. The number of amides is 2. The Labute approximate surface area is 337 Å². The molecule has 0 aliphatic carbocycles. The van der Waals surface area contributed by atoms with Gasteiger partial charge in [-0.25, -0.2) is 4.79 Å². The van der Waals surface area contributed by atoms with Gasteiger partial charge in [0.25, 0.3) is 0 Å². The number of aromatic carboxylic acids is 1. The SMILES string of the molecule is Nc1ccccc1NC(=O)CCCCCCC(=O)NCc1ccccc1-c1ccc(C2OC(CSc3ccccc3C(=O)O)CC(c3ccc(CO)cc3)O2)cc1. The van der Waals surface area contributed by atoms with Gasteiger partial charge in [0.1, 0.15) is 0 Å². The van der Waals surface area contributed by atoms with E-state index in [4.69, 9.17) is 15.2 Å². The Morgan fingerprint density at radius 1 is 0.737 bits per heavy atom. The summed E-state index contributed by atoms with van der Waals surface area (Å²) in [6.45, 7) is 0.355. The predicted octanol–water partition coefficient (Wildman–Crippen LogP) is 9.06. The number of benzene rings is 5. The number of para-hydroxylation sites is 2. The highest BCUT2D eigenvalue weighted by molar-refractivity contribution is 7.99. The van der Waals surface area contributed by atoms with E-state index in [1.54, 1.807) is 24.3 Å². The van der Waals surface area contributed by atoms with Crippen LogP contribution < -0.4 is 16.4 Å². The number of rotatable bonds is 18. The molecule has 6 N–H and O–H groups in total. The topological polar surface area (TPSA) is 160 Å². The fraction of sp³-hybridized carbons (Fsp3) is 0.283. The van der Waals surface area contributed by atoms with Crippen LogP contribution in [0.25, 0.3) is 11.1 Å². The van der Waals surface area contributed by atoms with Gasteiger partial charge in [0.05, 0.1) is 35.8 Å². The maximum Gasteiger partial charge on any atom is 0.336 e. The Bertz CT molecular complexity index is 2110. The van der Waals surface area contributed by atoms with Crippen LogP contribution in [-0.4, -0.2) is 39.9 Å². The Morgan fingerprint density at radius 3 is 2.14 bits per heavy atom. The Hall–Kier alpha value is -5.46. The number of carbonyl (C=O) groups excluding carboxylic acids is 2. The Morgan fingerprint density at radius 2 is 1.40 bits per heavy atom. The zero-order chi connectivity index (χ0) is 40.0. The summed E-state index contributed by atoms with van der Waals surface area (Å²) in [6.07, 6.45) is 3.47. The van der Waals surface area contributed by atoms with E-state index >= 15 is 0 Å². The normalized spacial score (nSPS) is 16.5. The van der Waals surface area contributed by atoms with Gasteiger partial charge in [-0.2, -0.15) is 0 Å². The van der Waals surface area contributed by atoms with Crippen molar-refractivity contribution in [2.24, 2.45) is 0 Å². The average molecular weight is 788 g/mol. The standard InChI is InChI=1S/C46H49N3O7S/c47-39-14-8-9-15-40(39)49-44(52)18-4-2-1-3-17-43(51)48-28-35-11-5-6-12-37(35)32-23-25-34(26-24-32)46-55-36(30-57-42-16-10-7-13-38(42)45(53)54)27-41(56-46)33-21-19-31(29-50)20-22-33/h5-16,19-26,36,41,46,50H,1-4,17-18,27-30,47H2,(H,48,51)(H,49,52)(H,53,54). The molecule has 1 fully saturated rings. The number of thioether (sulfide) groups is 1. The molecule has 1 heterocycles. The molecule has 2 amide bonds. The zero-order valence-electron chi connectivity index (χ0n) is 31.8. The van der Waals surface area contributed by atoms with E-state index < -0.39 is 12.3 Å². The van der Waals surface area contributed by atoms with Gasteiger partial charge in [-0.05, 0) is 64.9 Å². The van der Waals surface area contributed by atoms with Crippen molar-refractivity contribution in [3.8, 4) is 11.1 Å². The maximum atomic E-state index is 12.8. The van der Waals surface area contributed by atoms with Crippen LogP contribution in [0.3, 0.4) is 0 Å². The highest BCUT2D eigenvalue weighted by Crippen LogP contribution is 2.40. The third-order valence-corrected chi connectivity index (χ3v) is 11.1. The van der Waals surface area contributed by atoms with Crippen molar-refractivity contribution in [2.45, 2.75) is 81.5 Å². The Kier molecular flexibility index (Phi) is 14.9. The van der Waals surface area contributed by atoms with Gasteiger partial charge in [0.15, 0.2) is 6.29 Å². The summed E-state index contributed by atoms with van der Waals surface area (Å²) in [5.41, 5.74) is 13.0. The molecule has 1 saturated heterocycles. The third kappa shape index (κ3) is 11.8. The van der Waals surface area contributed by atoms with E-state index in [0.29, 0.717) is 47.8 Å². The lowest BCUT2D eigenvalue weighted by molar-refractivity contribution is -0.245. The van der Waals surface area contributed by atoms with Crippen molar-refractivity contribution in [1.82, 2.24) is 5.32 Å². The zero-order valence-corrected chi connectivity index (χ0v) is 32.6. The van der Waals surface area contributed by atoms with E-state index in [0.717, 1.165) is 59.1 Å². The predicted molar refractivity (Wildman–Crippen MR) is 223 cm³/mol. The minimum Gasteiger partial charge on any atom is -0.478 e. The molecule has 1 aliphatic rings. The van der Waals surface area contributed by atoms with Crippen molar-refractivity contribution >= 4 is 40.9 Å². The molecule has 57 heavy (non-hydrogen) atoms. The second-order valence-electron chi connectivity index (χ2n) is 14.1. The van der Waals surface area contributed by atoms with Crippen molar-refractivity contribution in [2.75, 3.05) is 16.8 Å². The van der Waals surface area contributed by atoms with Crippen LogP contribution in [0.2, 0.25) is 0 Å². The van der Waals surface area contributed by atoms with E-state index in [1.807, 2.05) is 97.1 Å². The van der Waals surface area contributed by atoms with Crippen LogP contribution in [0.4, 0.5) is 11.4 Å². The number of nitrogen functional groups attached to an aromatic ring is 1. The van der Waals surface area contributed by atoms with Crippen molar-refractivity contribution in [3.63, 3.8) is 0 Å². The number of ether oxygens (including phenoxy) is 2. The summed E-state index contributed by atoms with van der Waals surface area (Å²) >= 11 is 1.46. The molecule has 1 aliphatic heterocycles. The molecule has 6 rings (SSSR count). The number of carbonyl (C=O) groups is 3. The summed E-state index contributed by atoms with van der Waals surface area (Å²) in [6, 6.07) is 38.0. The summed E-state index contributed by atoms with van der Waals surface area (Å²) in [7, 11) is 0. The molecule has 0 aromatic heterocycles. The largest absolute Gasteiger partial charge is 0.478 e. The van der Waals surface area contributed by atoms with Gasteiger partial charge in [0.2, 0.25) is 11.8 Å². The lowest BCUT2D eigenvalue weighted by Crippen LogP contribution is -2.31. The van der Waals surface area contributed by atoms with Crippen molar-refractivity contribution in [3.05, 3.63) is 149 Å². The first-order valence-corrected chi connectivity index (χ1v) is 20.3. The van der Waals surface area contributed by atoms with Crippen LogP contribution in [0.5, 0.6) is 0 Å². The van der Waals surface area contributed by atoms with Gasteiger partial charge in [-0.3, -0.25) is 9.59 Å². The molecule has 5 aromatic rings. The number of aliphatic hydroxyl groups excluding tert-OH is 1. The summed E-state index contributed by atoms with van der Waals surface area (Å²) in [4.78, 5) is 37.5. The number of carboxylic acid groups (broad SMARTS) is 1. The first-order valence-electron chi connectivity index (χ1n) is 19.3. The lowest BCUT2D eigenvalue weighted by atomic mass is 9.97. The first-order chi connectivity index (χ1) is 27.8. The third-order valence-electron chi connectivity index (χ3n) is 9.94. The number of hydrogen-bond donors (Lipinski definition) is 5. The highest BCUT2D eigenvalue weighted by Gasteiger charge is 2.32. The second kappa shape index (κ2) is 20.6. The van der Waals surface area contributed by atoms with Crippen LogP contribution in [0.15, 0.2) is 126 Å². The number of nitrogens with two attached hydrogens (primary N) is 1. The van der Waals surface area contributed by atoms with Crippen molar-refractivity contribution in [1.29, 1.82) is 0 Å². The molecule has 3 unspecified atom stereocenters. The number of nitrogens with one attached hydrogen (secondary N) is 2. The van der Waals surface area contributed by atoms with Crippen LogP contribution in [-0.2, 0) is 32.2 Å². The average Bonchev–Trinajstić information content (AvgIpc) is 3.24. The van der Waals surface area contributed by atoms with Gasteiger partial charge in [0, 0.05) is 42.0 Å². The highest BCUT2D eigenvalue weighted by atomic mass is 32.2. The molecular weight excluding hydrogens is 739 g/mol. The van der Waals surface area contributed by atoms with Crippen molar-refractivity contribution < 1.29 is 34.1 Å². The fourth-order valence-electron chi connectivity index (χ4n) is 6.78. The minimum atomic E-state index is -0.965. The van der Waals surface area contributed by atoms with Gasteiger partial charge < -0.3 is 36.1 Å². The number of carboxylic acids is 1. The molecule has 0 saturated carbocycles. The molecular formula is C46H49N3O7S. The minimum absolute atomic E-state index is 0.0104. The smallest absolute Gasteiger partial charge is 0.336 e. The molecule has 296 valence electrons. The van der Waals surface area contributed by atoms with E-state index in [1.165, 1.54) is 11.8 Å². The van der Waals surface area contributed by atoms with E-state index in [9.17, 15) is 24.6 Å². The number of anilines is 2. The van der Waals surface area contributed by atoms with Crippen LogP contribution in [0, 0.1) is 0 Å². The maximum absolute atomic E-state index is 12.8. The molecule has 3 atom stereocenters. The number of unbranched alkanes of at least 4 members (excludes halogenated alkanes) is 3. The summed E-state index contributed by atoms with van der Waals surface area (Å²) in [5.74, 6) is -0.501. The summed E-state index contributed by atoms with van der Waals surface area (Å²) in [5, 5.41) is 25.2. The molecule has 0 spiro atoms. The molecule has 0 radical (unpaired) electrons. The van der Waals surface area contributed by atoms with Gasteiger partial charge in [-0.1, -0.05) is 110 Å². The van der Waals surface area contributed by atoms with Crippen LogP contribution in [0.1, 0.15) is 90.0 Å². The molecule has 10 nitrogen and oxygen atoms in total. The monoisotopic (exact) mass is 787 g/mol. The van der Waals surface area contributed by atoms with Gasteiger partial charge >= 0.3 is 5.97 Å². The number of aliphatic hydroxyl groups is 1. The first kappa shape index (κ1) is 41.2. The molecule has 0 bridgehead atoms. The molecule has 11 heteroatoms.